The number of fused-ring (bicyclic) bond motifs is 2. The topological polar surface area (TPSA) is 85.0 Å². The van der Waals surface area contributed by atoms with Gasteiger partial charge in [0.2, 0.25) is 0 Å². The van der Waals surface area contributed by atoms with Crippen molar-refractivity contribution in [3.8, 4) is 11.5 Å². The van der Waals surface area contributed by atoms with Gasteiger partial charge in [-0.15, -0.1) is 0 Å². The number of hydrogen-bond acceptors (Lipinski definition) is 6. The Bertz CT molecular complexity index is 773. The normalized spacial score (nSPS) is 16.9. The number of nitrogens with zero attached hydrogens (tertiary/aromatic N) is 3. The molecule has 2 N–H and O–H groups in total. The molecule has 1 aliphatic rings. The summed E-state index contributed by atoms with van der Waals surface area (Å²) in [5, 5.41) is 10.9. The van der Waals surface area contributed by atoms with Crippen molar-refractivity contribution in [2.75, 3.05) is 18.5 Å². The second-order valence-electron chi connectivity index (χ2n) is 4.73. The molecule has 7 heteroatoms. The van der Waals surface area contributed by atoms with Gasteiger partial charge in [-0.2, -0.15) is 5.10 Å². The van der Waals surface area contributed by atoms with Crippen molar-refractivity contribution >= 4 is 16.9 Å². The Morgan fingerprint density at radius 1 is 1.24 bits per heavy atom. The summed E-state index contributed by atoms with van der Waals surface area (Å²) >= 11 is 0. The van der Waals surface area contributed by atoms with Crippen molar-refractivity contribution in [3.63, 3.8) is 0 Å². The van der Waals surface area contributed by atoms with Crippen LogP contribution in [0.4, 0.5) is 5.82 Å². The van der Waals surface area contributed by atoms with Crippen LogP contribution in [0.3, 0.4) is 0 Å². The van der Waals surface area contributed by atoms with Gasteiger partial charge in [0, 0.05) is 0 Å². The van der Waals surface area contributed by atoms with Crippen LogP contribution in [0.2, 0.25) is 0 Å². The summed E-state index contributed by atoms with van der Waals surface area (Å²) in [7, 11) is 0. The van der Waals surface area contributed by atoms with Gasteiger partial charge >= 0.3 is 0 Å². The third-order valence-electron chi connectivity index (χ3n) is 3.31. The number of anilines is 1. The van der Waals surface area contributed by atoms with Gasteiger partial charge in [0.15, 0.2) is 17.1 Å². The average Bonchev–Trinajstić information content (AvgIpc) is 3.02. The number of hydrogen-bond donors (Lipinski definition) is 2. The van der Waals surface area contributed by atoms with Gasteiger partial charge in [-0.1, -0.05) is 12.1 Å². The van der Waals surface area contributed by atoms with Gasteiger partial charge in [0.1, 0.15) is 24.9 Å². The number of H-pyrrole nitrogens is 1. The van der Waals surface area contributed by atoms with Crippen LogP contribution in [0.15, 0.2) is 36.8 Å². The van der Waals surface area contributed by atoms with Crippen molar-refractivity contribution in [1.82, 2.24) is 20.2 Å². The summed E-state index contributed by atoms with van der Waals surface area (Å²) in [4.78, 5) is 8.33. The maximum Gasteiger partial charge on any atom is 0.161 e. The van der Waals surface area contributed by atoms with E-state index in [0.29, 0.717) is 18.8 Å². The highest BCUT2D eigenvalue weighted by Crippen LogP contribution is 2.30. The molecule has 1 aromatic carbocycles. The van der Waals surface area contributed by atoms with Gasteiger partial charge < -0.3 is 14.8 Å². The maximum absolute atomic E-state index is 5.89. The lowest BCUT2D eigenvalue weighted by molar-refractivity contribution is 0.0997. The van der Waals surface area contributed by atoms with Crippen LogP contribution < -0.4 is 14.8 Å². The summed E-state index contributed by atoms with van der Waals surface area (Å²) in [5.74, 6) is 2.29. The third kappa shape index (κ3) is 2.22. The van der Waals surface area contributed by atoms with Crippen LogP contribution >= 0.6 is 0 Å². The number of rotatable bonds is 3. The van der Waals surface area contributed by atoms with Crippen LogP contribution in [0.1, 0.15) is 0 Å². The van der Waals surface area contributed by atoms with Crippen molar-refractivity contribution in [3.05, 3.63) is 36.8 Å². The highest BCUT2D eigenvalue weighted by Gasteiger charge is 2.20. The molecule has 1 atom stereocenters. The molecule has 4 rings (SSSR count). The molecule has 0 aliphatic carbocycles. The molecule has 7 nitrogen and oxygen atoms in total. The van der Waals surface area contributed by atoms with Gasteiger partial charge in [-0.3, -0.25) is 5.10 Å². The number of aromatic nitrogens is 4. The molecular weight excluding hydrogens is 270 g/mol. The summed E-state index contributed by atoms with van der Waals surface area (Å²) in [6, 6.07) is 7.66. The minimum Gasteiger partial charge on any atom is -0.486 e. The standard InChI is InChI=1S/C14H13N5O2/c1-2-4-12-11(3-1)20-7-9(21-12)5-15-13-10-6-18-19-14(10)17-8-16-13/h1-4,6,8-9H,5,7H2,(H2,15,16,17,18,19). The molecule has 1 aliphatic heterocycles. The molecule has 0 fully saturated rings. The lowest BCUT2D eigenvalue weighted by Crippen LogP contribution is -2.35. The zero-order valence-corrected chi connectivity index (χ0v) is 11.1. The van der Waals surface area contributed by atoms with Crippen molar-refractivity contribution in [1.29, 1.82) is 0 Å². The summed E-state index contributed by atoms with van der Waals surface area (Å²) < 4.78 is 11.6. The van der Waals surface area contributed by atoms with E-state index in [1.54, 1.807) is 6.20 Å². The van der Waals surface area contributed by atoms with E-state index < -0.39 is 0 Å². The number of ether oxygens (including phenoxy) is 2. The van der Waals surface area contributed by atoms with Crippen LogP contribution in [-0.4, -0.2) is 39.4 Å². The number of para-hydroxylation sites is 2. The Kier molecular flexibility index (Phi) is 2.81. The predicted octanol–water partition coefficient (Wildman–Crippen LogP) is 1.60. The smallest absolute Gasteiger partial charge is 0.161 e. The van der Waals surface area contributed by atoms with E-state index in [2.05, 4.69) is 25.5 Å². The Morgan fingerprint density at radius 2 is 2.14 bits per heavy atom. The lowest BCUT2D eigenvalue weighted by Gasteiger charge is -2.26. The van der Waals surface area contributed by atoms with Crippen molar-refractivity contribution in [2.45, 2.75) is 6.10 Å². The number of aromatic amines is 1. The fourth-order valence-electron chi connectivity index (χ4n) is 2.28. The second-order valence-corrected chi connectivity index (χ2v) is 4.73. The summed E-state index contributed by atoms with van der Waals surface area (Å²) in [6.45, 7) is 1.09. The molecule has 106 valence electrons. The van der Waals surface area contributed by atoms with Crippen molar-refractivity contribution in [2.24, 2.45) is 0 Å². The maximum atomic E-state index is 5.89. The second kappa shape index (κ2) is 4.93. The molecule has 0 amide bonds. The Morgan fingerprint density at radius 3 is 3.10 bits per heavy atom. The number of benzene rings is 1. The Labute approximate surface area is 120 Å². The Balaban J connectivity index is 1.47. The first-order chi connectivity index (χ1) is 10.4. The molecule has 0 saturated carbocycles. The molecule has 3 heterocycles. The first-order valence-electron chi connectivity index (χ1n) is 6.66. The van der Waals surface area contributed by atoms with Crippen LogP contribution in [-0.2, 0) is 0 Å². The molecule has 0 radical (unpaired) electrons. The molecule has 21 heavy (non-hydrogen) atoms. The van der Waals surface area contributed by atoms with E-state index >= 15 is 0 Å². The van der Waals surface area contributed by atoms with E-state index in [0.717, 1.165) is 22.7 Å². The lowest BCUT2D eigenvalue weighted by atomic mass is 10.2. The van der Waals surface area contributed by atoms with Crippen LogP contribution in [0, 0.1) is 0 Å². The zero-order valence-electron chi connectivity index (χ0n) is 11.1. The SMILES string of the molecule is c1ccc2c(c1)OCC(CNc1ncnc3[nH]ncc13)O2. The first kappa shape index (κ1) is 12.0. The zero-order chi connectivity index (χ0) is 14.1. The fraction of sp³-hybridized carbons (Fsp3) is 0.214. The molecule has 0 bridgehead atoms. The molecule has 0 saturated heterocycles. The average molecular weight is 283 g/mol. The van der Waals surface area contributed by atoms with E-state index in [9.17, 15) is 0 Å². The quantitative estimate of drug-likeness (QED) is 0.759. The monoisotopic (exact) mass is 283 g/mol. The molecule has 3 aromatic rings. The van der Waals surface area contributed by atoms with Crippen LogP contribution in [0.25, 0.3) is 11.0 Å². The van der Waals surface area contributed by atoms with E-state index in [1.807, 2.05) is 24.3 Å². The molecule has 0 spiro atoms. The van der Waals surface area contributed by atoms with Gasteiger partial charge in [-0.25, -0.2) is 9.97 Å². The minimum atomic E-state index is -0.0724. The van der Waals surface area contributed by atoms with Crippen LogP contribution in [0.5, 0.6) is 11.5 Å². The Hall–Kier alpha value is -2.83. The number of nitrogens with one attached hydrogen (secondary N) is 2. The van der Waals surface area contributed by atoms with E-state index in [-0.39, 0.29) is 6.10 Å². The van der Waals surface area contributed by atoms with Gasteiger partial charge in [-0.05, 0) is 12.1 Å². The first-order valence-corrected chi connectivity index (χ1v) is 6.66. The third-order valence-corrected chi connectivity index (χ3v) is 3.31. The summed E-state index contributed by atoms with van der Waals surface area (Å²) in [6.07, 6.45) is 3.12. The van der Waals surface area contributed by atoms with Gasteiger partial charge in [0.05, 0.1) is 18.1 Å². The summed E-state index contributed by atoms with van der Waals surface area (Å²) in [5.41, 5.74) is 0.707. The van der Waals surface area contributed by atoms with E-state index in [1.165, 1.54) is 6.33 Å². The largest absolute Gasteiger partial charge is 0.486 e. The predicted molar refractivity (Wildman–Crippen MR) is 76.5 cm³/mol. The highest BCUT2D eigenvalue weighted by molar-refractivity contribution is 5.85. The fourth-order valence-corrected chi connectivity index (χ4v) is 2.28. The van der Waals surface area contributed by atoms with Gasteiger partial charge in [0.25, 0.3) is 0 Å². The highest BCUT2D eigenvalue weighted by atomic mass is 16.6. The molecule has 1 unspecified atom stereocenters. The van der Waals surface area contributed by atoms with Crippen molar-refractivity contribution < 1.29 is 9.47 Å². The minimum absolute atomic E-state index is 0.0724. The molecular formula is C14H13N5O2. The van der Waals surface area contributed by atoms with E-state index in [4.69, 9.17) is 9.47 Å². The molecule has 2 aromatic heterocycles.